The van der Waals surface area contributed by atoms with E-state index in [1.54, 1.807) is 27.7 Å². The van der Waals surface area contributed by atoms with Crippen molar-refractivity contribution >= 4 is 12.6 Å². The van der Waals surface area contributed by atoms with Crippen molar-refractivity contribution in [2.45, 2.75) is 38.9 Å². The summed E-state index contributed by atoms with van der Waals surface area (Å²) in [5.74, 6) is 0. The Bertz CT molecular complexity index is 274. The van der Waals surface area contributed by atoms with Gasteiger partial charge >= 0.3 is 7.12 Å². The number of aliphatic hydroxyl groups is 2. The molecule has 0 aliphatic carbocycles. The van der Waals surface area contributed by atoms with E-state index in [9.17, 15) is 0 Å². The second kappa shape index (κ2) is 5.45. The van der Waals surface area contributed by atoms with E-state index >= 15 is 0 Å². The highest BCUT2D eigenvalue weighted by molar-refractivity contribution is 6.58. The molecule has 0 fully saturated rings. The Balaban J connectivity index is 0.000000281. The summed E-state index contributed by atoms with van der Waals surface area (Å²) in [4.78, 5) is 0. The van der Waals surface area contributed by atoms with Gasteiger partial charge in [0.05, 0.1) is 17.4 Å². The molecule has 0 bridgehead atoms. The number of hydrogen-bond acceptors (Lipinski definition) is 6. The second-order valence-corrected chi connectivity index (χ2v) is 4.45. The lowest BCUT2D eigenvalue weighted by Crippen LogP contribution is -2.44. The minimum absolute atomic E-state index is 0.269. The van der Waals surface area contributed by atoms with Crippen LogP contribution in [0.2, 0.25) is 0 Å². The molecule has 16 heavy (non-hydrogen) atoms. The van der Waals surface area contributed by atoms with E-state index in [-0.39, 0.29) is 5.46 Å². The zero-order valence-corrected chi connectivity index (χ0v) is 9.88. The summed E-state index contributed by atoms with van der Waals surface area (Å²) < 4.78 is 4.31. The van der Waals surface area contributed by atoms with Gasteiger partial charge in [-0.05, 0) is 27.7 Å². The average Bonchev–Trinajstić information content (AvgIpc) is 2.51. The summed E-state index contributed by atoms with van der Waals surface area (Å²) in [7, 11) is -1.47. The molecule has 92 valence electrons. The van der Waals surface area contributed by atoms with Crippen LogP contribution in [0.1, 0.15) is 27.7 Å². The van der Waals surface area contributed by atoms with Crippen molar-refractivity contribution in [1.29, 1.82) is 0 Å². The summed E-state index contributed by atoms with van der Waals surface area (Å²) in [5, 5.41) is 38.2. The molecule has 1 heterocycles. The SMILES string of the molecule is CC(C)(O)C(C)(C)O.OB(O)c1cnoc1. The summed E-state index contributed by atoms with van der Waals surface area (Å²) in [5.41, 5.74) is -1.75. The first-order valence-corrected chi connectivity index (χ1v) is 4.76. The molecular formula is C9H18BNO5. The standard InChI is InChI=1S/C6H14O2.C3H4BNO3/c1-5(2,7)6(3,4)8;6-4(7)3-1-5-8-2-3/h7-8H,1-4H3;1-2,6-7H. The van der Waals surface area contributed by atoms with Crippen molar-refractivity contribution < 1.29 is 24.8 Å². The van der Waals surface area contributed by atoms with Crippen LogP contribution in [0.4, 0.5) is 0 Å². The van der Waals surface area contributed by atoms with Crippen molar-refractivity contribution in [3.05, 3.63) is 12.5 Å². The average molecular weight is 231 g/mol. The van der Waals surface area contributed by atoms with Crippen molar-refractivity contribution in [2.24, 2.45) is 0 Å². The molecule has 6 nitrogen and oxygen atoms in total. The monoisotopic (exact) mass is 231 g/mol. The van der Waals surface area contributed by atoms with Gasteiger partial charge in [-0.2, -0.15) is 0 Å². The zero-order valence-electron chi connectivity index (χ0n) is 9.88. The van der Waals surface area contributed by atoms with Crippen molar-refractivity contribution in [2.75, 3.05) is 0 Å². The molecule has 0 radical (unpaired) electrons. The van der Waals surface area contributed by atoms with Crippen LogP contribution in [0.15, 0.2) is 17.0 Å². The van der Waals surface area contributed by atoms with Gasteiger partial charge in [0.25, 0.3) is 0 Å². The molecule has 1 rings (SSSR count). The highest BCUT2D eigenvalue weighted by Gasteiger charge is 2.31. The van der Waals surface area contributed by atoms with Crippen LogP contribution in [0.5, 0.6) is 0 Å². The number of rotatable bonds is 2. The largest absolute Gasteiger partial charge is 0.493 e. The van der Waals surface area contributed by atoms with Gasteiger partial charge in [0.1, 0.15) is 6.26 Å². The van der Waals surface area contributed by atoms with Crippen LogP contribution in [-0.2, 0) is 0 Å². The highest BCUT2D eigenvalue weighted by Crippen LogP contribution is 2.19. The van der Waals surface area contributed by atoms with Gasteiger partial charge in [0, 0.05) is 5.46 Å². The van der Waals surface area contributed by atoms with Crippen LogP contribution in [0, 0.1) is 0 Å². The van der Waals surface area contributed by atoms with E-state index in [4.69, 9.17) is 20.3 Å². The number of nitrogens with zero attached hydrogens (tertiary/aromatic N) is 1. The topological polar surface area (TPSA) is 107 Å². The Labute approximate surface area is 94.7 Å². The van der Waals surface area contributed by atoms with E-state index in [2.05, 4.69) is 9.68 Å². The first-order chi connectivity index (χ1) is 7.05. The van der Waals surface area contributed by atoms with Gasteiger partial charge in [-0.1, -0.05) is 5.16 Å². The molecule has 1 aromatic rings. The molecule has 4 N–H and O–H groups in total. The summed E-state index contributed by atoms with van der Waals surface area (Å²) >= 11 is 0. The minimum atomic E-state index is -1.47. The van der Waals surface area contributed by atoms with Crippen molar-refractivity contribution in [3.63, 3.8) is 0 Å². The van der Waals surface area contributed by atoms with Crippen molar-refractivity contribution in [1.82, 2.24) is 5.16 Å². The van der Waals surface area contributed by atoms with E-state index in [0.717, 1.165) is 0 Å². The van der Waals surface area contributed by atoms with E-state index in [1.165, 1.54) is 12.5 Å². The molecule has 7 heteroatoms. The lowest BCUT2D eigenvalue weighted by Gasteiger charge is -2.31. The Morgan fingerprint density at radius 2 is 1.56 bits per heavy atom. The first kappa shape index (κ1) is 15.1. The van der Waals surface area contributed by atoms with Gasteiger partial charge in [-0.25, -0.2) is 0 Å². The molecule has 0 spiro atoms. The second-order valence-electron chi connectivity index (χ2n) is 4.45. The van der Waals surface area contributed by atoms with E-state index in [1.807, 2.05) is 0 Å². The summed E-state index contributed by atoms with van der Waals surface area (Å²) in [6.45, 7) is 6.31. The minimum Gasteiger partial charge on any atom is -0.423 e. The van der Waals surface area contributed by atoms with Gasteiger partial charge < -0.3 is 24.8 Å². The fraction of sp³-hybridized carbons (Fsp3) is 0.667. The van der Waals surface area contributed by atoms with Gasteiger partial charge in [0.2, 0.25) is 0 Å². The van der Waals surface area contributed by atoms with Crippen LogP contribution in [0.3, 0.4) is 0 Å². The summed E-state index contributed by atoms with van der Waals surface area (Å²) in [6, 6.07) is 0. The number of hydrogen-bond donors (Lipinski definition) is 4. The first-order valence-electron chi connectivity index (χ1n) is 4.76. The van der Waals surface area contributed by atoms with Gasteiger partial charge in [0.15, 0.2) is 0 Å². The van der Waals surface area contributed by atoms with Crippen molar-refractivity contribution in [3.8, 4) is 0 Å². The summed E-state index contributed by atoms with van der Waals surface area (Å²) in [6.07, 6.45) is 2.41. The van der Waals surface area contributed by atoms with Crippen LogP contribution < -0.4 is 5.46 Å². The predicted octanol–water partition coefficient (Wildman–Crippen LogP) is -1.12. The maximum absolute atomic E-state index is 9.10. The molecule has 0 saturated carbocycles. The Kier molecular flexibility index (Phi) is 5.14. The molecule has 0 saturated heterocycles. The maximum atomic E-state index is 9.10. The lowest BCUT2D eigenvalue weighted by atomic mass is 9.83. The predicted molar refractivity (Wildman–Crippen MR) is 58.9 cm³/mol. The highest BCUT2D eigenvalue weighted by atomic mass is 16.5. The molecule has 0 unspecified atom stereocenters. The quantitative estimate of drug-likeness (QED) is 0.480. The normalized spacial score (nSPS) is 11.8. The molecule has 0 amide bonds. The molecule has 0 aliphatic rings. The van der Waals surface area contributed by atoms with Crippen LogP contribution in [0.25, 0.3) is 0 Å². The number of aromatic nitrogens is 1. The third kappa shape index (κ3) is 5.27. The fourth-order valence-electron chi connectivity index (χ4n) is 0.341. The van der Waals surface area contributed by atoms with E-state index < -0.39 is 18.3 Å². The third-order valence-electron chi connectivity index (χ3n) is 2.25. The molecule has 0 aliphatic heterocycles. The van der Waals surface area contributed by atoms with Crippen LogP contribution >= 0.6 is 0 Å². The zero-order chi connectivity index (χ0) is 13.0. The van der Waals surface area contributed by atoms with Gasteiger partial charge in [-0.3, -0.25) is 0 Å². The van der Waals surface area contributed by atoms with Gasteiger partial charge in [-0.15, -0.1) is 0 Å². The Hall–Kier alpha value is -0.885. The molecule has 0 aromatic carbocycles. The molecule has 0 atom stereocenters. The maximum Gasteiger partial charge on any atom is 0.493 e. The fourth-order valence-corrected chi connectivity index (χ4v) is 0.341. The Morgan fingerprint density at radius 1 is 1.12 bits per heavy atom. The molecular weight excluding hydrogens is 213 g/mol. The Morgan fingerprint density at radius 3 is 1.69 bits per heavy atom. The van der Waals surface area contributed by atoms with E-state index in [0.29, 0.717) is 0 Å². The third-order valence-corrected chi connectivity index (χ3v) is 2.25. The smallest absolute Gasteiger partial charge is 0.423 e. The lowest BCUT2D eigenvalue weighted by molar-refractivity contribution is -0.107. The van der Waals surface area contributed by atoms with Crippen LogP contribution in [-0.4, -0.2) is 43.7 Å². The molecule has 1 aromatic heterocycles.